The molecule has 0 aliphatic rings. The Hall–Kier alpha value is -2.02. The molecule has 0 aliphatic carbocycles. The van der Waals surface area contributed by atoms with E-state index in [0.29, 0.717) is 5.69 Å². The van der Waals surface area contributed by atoms with E-state index < -0.39 is 11.9 Å². The second kappa shape index (κ2) is 5.16. The number of nitrogens with zero attached hydrogens (tertiary/aromatic N) is 2. The first-order chi connectivity index (χ1) is 9.32. The molecule has 0 aliphatic heterocycles. The summed E-state index contributed by atoms with van der Waals surface area (Å²) in [6, 6.07) is 7.50. The third-order valence-corrected chi connectivity index (χ3v) is 2.84. The maximum atomic E-state index is 12.7. The van der Waals surface area contributed by atoms with Gasteiger partial charge in [0.1, 0.15) is 0 Å². The topological polar surface area (TPSA) is 53.1 Å². The molecule has 2 aromatic rings. The summed E-state index contributed by atoms with van der Waals surface area (Å²) >= 11 is 0. The van der Waals surface area contributed by atoms with Crippen LogP contribution in [0.5, 0.6) is 5.88 Å². The molecule has 0 radical (unpaired) electrons. The van der Waals surface area contributed by atoms with E-state index in [1.807, 2.05) is 6.92 Å². The monoisotopic (exact) mass is 285 g/mol. The third kappa shape index (κ3) is 2.77. The van der Waals surface area contributed by atoms with E-state index in [1.54, 1.807) is 24.3 Å². The molecule has 0 amide bonds. The average molecular weight is 285 g/mol. The Balaban J connectivity index is 2.43. The molecule has 1 unspecified atom stereocenters. The molecule has 0 bridgehead atoms. The smallest absolute Gasteiger partial charge is 0.435 e. The zero-order valence-electron chi connectivity index (χ0n) is 11.0. The summed E-state index contributed by atoms with van der Waals surface area (Å²) in [5.41, 5.74) is 6.09. The van der Waals surface area contributed by atoms with Gasteiger partial charge in [0.25, 0.3) is 0 Å². The van der Waals surface area contributed by atoms with Crippen LogP contribution >= 0.6 is 0 Å². The van der Waals surface area contributed by atoms with E-state index in [4.69, 9.17) is 10.5 Å². The standard InChI is InChI=1S/C13H14F3N3O/c1-8(17)9-3-5-10(6-4-9)19-12(20-2)7-11(18-19)13(14,15)16/h3-8H,17H2,1-2H3. The summed E-state index contributed by atoms with van der Waals surface area (Å²) in [6.45, 7) is 1.82. The number of hydrogen-bond acceptors (Lipinski definition) is 3. The number of halogens is 3. The summed E-state index contributed by atoms with van der Waals surface area (Å²) in [5.74, 6) is 0.0193. The van der Waals surface area contributed by atoms with Crippen LogP contribution in [0.25, 0.3) is 5.69 Å². The van der Waals surface area contributed by atoms with Crippen molar-refractivity contribution in [3.63, 3.8) is 0 Å². The highest BCUT2D eigenvalue weighted by Gasteiger charge is 2.35. The highest BCUT2D eigenvalue weighted by Crippen LogP contribution is 2.32. The maximum Gasteiger partial charge on any atom is 0.435 e. The quantitative estimate of drug-likeness (QED) is 0.943. The molecule has 0 spiro atoms. The average Bonchev–Trinajstić information content (AvgIpc) is 2.82. The first kappa shape index (κ1) is 14.4. The Kier molecular flexibility index (Phi) is 3.71. The molecule has 0 saturated carbocycles. The molecular weight excluding hydrogens is 271 g/mol. The lowest BCUT2D eigenvalue weighted by molar-refractivity contribution is -0.141. The summed E-state index contributed by atoms with van der Waals surface area (Å²) in [7, 11) is 1.30. The molecule has 7 heteroatoms. The summed E-state index contributed by atoms with van der Waals surface area (Å²) in [6.07, 6.45) is -4.51. The normalized spacial score (nSPS) is 13.3. The summed E-state index contributed by atoms with van der Waals surface area (Å²) < 4.78 is 44.0. The Morgan fingerprint density at radius 2 is 1.85 bits per heavy atom. The Morgan fingerprint density at radius 3 is 2.30 bits per heavy atom. The van der Waals surface area contributed by atoms with Crippen molar-refractivity contribution >= 4 is 0 Å². The predicted molar refractivity (Wildman–Crippen MR) is 67.7 cm³/mol. The van der Waals surface area contributed by atoms with Gasteiger partial charge in [-0.05, 0) is 24.6 Å². The van der Waals surface area contributed by atoms with Crippen molar-refractivity contribution in [3.05, 3.63) is 41.6 Å². The van der Waals surface area contributed by atoms with Crippen LogP contribution in [0.1, 0.15) is 24.2 Å². The van der Waals surface area contributed by atoms with Gasteiger partial charge in [0, 0.05) is 12.1 Å². The van der Waals surface area contributed by atoms with Crippen molar-refractivity contribution in [2.45, 2.75) is 19.1 Å². The van der Waals surface area contributed by atoms with Crippen LogP contribution in [0.3, 0.4) is 0 Å². The van der Waals surface area contributed by atoms with Crippen molar-refractivity contribution in [2.75, 3.05) is 7.11 Å². The molecule has 2 N–H and O–H groups in total. The van der Waals surface area contributed by atoms with Crippen molar-refractivity contribution in [1.29, 1.82) is 0 Å². The van der Waals surface area contributed by atoms with E-state index in [0.717, 1.165) is 16.3 Å². The highest BCUT2D eigenvalue weighted by atomic mass is 19.4. The zero-order chi connectivity index (χ0) is 14.9. The molecule has 1 atom stereocenters. The first-order valence-corrected chi connectivity index (χ1v) is 5.90. The number of aromatic nitrogens is 2. The van der Waals surface area contributed by atoms with Gasteiger partial charge in [0.2, 0.25) is 5.88 Å². The number of alkyl halides is 3. The molecular formula is C13H14F3N3O. The lowest BCUT2D eigenvalue weighted by Crippen LogP contribution is -2.08. The Morgan fingerprint density at radius 1 is 1.25 bits per heavy atom. The van der Waals surface area contributed by atoms with Gasteiger partial charge >= 0.3 is 6.18 Å². The minimum atomic E-state index is -4.51. The van der Waals surface area contributed by atoms with Gasteiger partial charge in [-0.3, -0.25) is 0 Å². The van der Waals surface area contributed by atoms with Crippen molar-refractivity contribution < 1.29 is 17.9 Å². The number of nitrogens with two attached hydrogens (primary N) is 1. The fraction of sp³-hybridized carbons (Fsp3) is 0.308. The molecule has 1 aromatic carbocycles. The maximum absolute atomic E-state index is 12.7. The minimum absolute atomic E-state index is 0.0193. The molecule has 1 aromatic heterocycles. The molecule has 108 valence electrons. The molecule has 4 nitrogen and oxygen atoms in total. The number of rotatable bonds is 3. The first-order valence-electron chi connectivity index (χ1n) is 5.90. The number of ether oxygens (including phenoxy) is 1. The van der Waals surface area contributed by atoms with Crippen LogP contribution in [0, 0.1) is 0 Å². The van der Waals surface area contributed by atoms with E-state index >= 15 is 0 Å². The fourth-order valence-electron chi connectivity index (χ4n) is 1.75. The Labute approximate surface area is 114 Å². The van der Waals surface area contributed by atoms with Gasteiger partial charge in [-0.25, -0.2) is 4.68 Å². The van der Waals surface area contributed by atoms with Crippen LogP contribution in [-0.2, 0) is 6.18 Å². The molecule has 20 heavy (non-hydrogen) atoms. The van der Waals surface area contributed by atoms with E-state index in [1.165, 1.54) is 7.11 Å². The third-order valence-electron chi connectivity index (χ3n) is 2.84. The van der Waals surface area contributed by atoms with Crippen LogP contribution in [0.4, 0.5) is 13.2 Å². The highest BCUT2D eigenvalue weighted by molar-refractivity contribution is 5.39. The van der Waals surface area contributed by atoms with Crippen LogP contribution in [-0.4, -0.2) is 16.9 Å². The van der Waals surface area contributed by atoms with Crippen molar-refractivity contribution in [3.8, 4) is 11.6 Å². The number of methoxy groups -OCH3 is 1. The van der Waals surface area contributed by atoms with Crippen molar-refractivity contribution in [1.82, 2.24) is 9.78 Å². The van der Waals surface area contributed by atoms with Gasteiger partial charge in [-0.15, -0.1) is 0 Å². The van der Waals surface area contributed by atoms with Crippen LogP contribution in [0.15, 0.2) is 30.3 Å². The van der Waals surface area contributed by atoms with E-state index in [2.05, 4.69) is 5.10 Å². The lowest BCUT2D eigenvalue weighted by Gasteiger charge is -2.09. The van der Waals surface area contributed by atoms with Crippen LogP contribution in [0.2, 0.25) is 0 Å². The fourth-order valence-corrected chi connectivity index (χ4v) is 1.75. The van der Waals surface area contributed by atoms with Gasteiger partial charge in [0.15, 0.2) is 5.69 Å². The number of benzene rings is 1. The summed E-state index contributed by atoms with van der Waals surface area (Å²) in [4.78, 5) is 0. The Bertz CT molecular complexity index is 588. The molecule has 0 fully saturated rings. The zero-order valence-corrected chi connectivity index (χ0v) is 11.0. The predicted octanol–water partition coefficient (Wildman–Crippen LogP) is 2.92. The second-order valence-corrected chi connectivity index (χ2v) is 4.36. The second-order valence-electron chi connectivity index (χ2n) is 4.36. The van der Waals surface area contributed by atoms with E-state index in [9.17, 15) is 13.2 Å². The van der Waals surface area contributed by atoms with Gasteiger partial charge in [0.05, 0.1) is 12.8 Å². The van der Waals surface area contributed by atoms with Gasteiger partial charge in [-0.2, -0.15) is 18.3 Å². The largest absolute Gasteiger partial charge is 0.481 e. The molecule has 1 heterocycles. The van der Waals surface area contributed by atoms with Crippen LogP contribution < -0.4 is 10.5 Å². The number of hydrogen-bond donors (Lipinski definition) is 1. The molecule has 2 rings (SSSR count). The van der Waals surface area contributed by atoms with Crippen molar-refractivity contribution in [2.24, 2.45) is 5.73 Å². The molecule has 0 saturated heterocycles. The summed E-state index contributed by atoms with van der Waals surface area (Å²) in [5, 5.41) is 3.53. The van der Waals surface area contributed by atoms with Gasteiger partial charge < -0.3 is 10.5 Å². The minimum Gasteiger partial charge on any atom is -0.481 e. The lowest BCUT2D eigenvalue weighted by atomic mass is 10.1. The SMILES string of the molecule is COc1cc(C(F)(F)F)nn1-c1ccc(C(C)N)cc1. The van der Waals surface area contributed by atoms with Gasteiger partial charge in [-0.1, -0.05) is 12.1 Å². The van der Waals surface area contributed by atoms with E-state index in [-0.39, 0.29) is 11.9 Å².